The summed E-state index contributed by atoms with van der Waals surface area (Å²) in [6, 6.07) is 16.7. The van der Waals surface area contributed by atoms with Gasteiger partial charge in [0, 0.05) is 18.7 Å². The first-order valence-corrected chi connectivity index (χ1v) is 7.15. The molecular weight excluding hydrogens is 246 g/mol. The molecule has 0 saturated carbocycles. The molecule has 0 atom stereocenters. The van der Waals surface area contributed by atoms with Crippen molar-refractivity contribution in [1.82, 2.24) is 5.01 Å². The van der Waals surface area contributed by atoms with Crippen LogP contribution in [0.4, 0.5) is 5.69 Å². The molecule has 0 N–H and O–H groups in total. The molecule has 1 aliphatic rings. The normalized spacial score (nSPS) is 15.2. The van der Waals surface area contributed by atoms with Crippen LogP contribution in [0.1, 0.15) is 18.4 Å². The number of benzene rings is 2. The van der Waals surface area contributed by atoms with Crippen LogP contribution >= 0.6 is 0 Å². The van der Waals surface area contributed by atoms with Crippen LogP contribution in [0.5, 0.6) is 0 Å². The Morgan fingerprint density at radius 3 is 2.35 bits per heavy atom. The molecule has 3 rings (SSSR count). The van der Waals surface area contributed by atoms with Crippen molar-refractivity contribution in [1.29, 1.82) is 0 Å². The van der Waals surface area contributed by atoms with Crippen LogP contribution in [-0.2, 0) is 0 Å². The second-order valence-electron chi connectivity index (χ2n) is 5.23. The molecule has 1 saturated heterocycles. The van der Waals surface area contributed by atoms with E-state index in [4.69, 9.17) is 0 Å². The van der Waals surface area contributed by atoms with E-state index in [9.17, 15) is 0 Å². The third-order valence-corrected chi connectivity index (χ3v) is 3.63. The summed E-state index contributed by atoms with van der Waals surface area (Å²) in [6.07, 6.45) is 2.44. The lowest BCUT2D eigenvalue weighted by Crippen LogP contribution is -2.09. The van der Waals surface area contributed by atoms with Crippen molar-refractivity contribution in [2.75, 3.05) is 13.1 Å². The molecule has 1 aliphatic heterocycles. The predicted octanol–water partition coefficient (Wildman–Crippen LogP) is 4.76. The van der Waals surface area contributed by atoms with Gasteiger partial charge in [-0.05, 0) is 31.4 Å². The minimum absolute atomic E-state index is 0.934. The molecular formula is C17H19N3. The van der Waals surface area contributed by atoms with Gasteiger partial charge >= 0.3 is 0 Å². The van der Waals surface area contributed by atoms with Crippen molar-refractivity contribution >= 4 is 5.69 Å². The van der Waals surface area contributed by atoms with Gasteiger partial charge in [0.15, 0.2) is 0 Å². The molecule has 0 aliphatic carbocycles. The lowest BCUT2D eigenvalue weighted by Gasteiger charge is -2.09. The van der Waals surface area contributed by atoms with Gasteiger partial charge in [-0.3, -0.25) is 5.01 Å². The molecule has 0 radical (unpaired) electrons. The van der Waals surface area contributed by atoms with Gasteiger partial charge in [0.1, 0.15) is 0 Å². The Kier molecular flexibility index (Phi) is 3.77. The maximum Gasteiger partial charge on any atom is 0.0952 e. The zero-order valence-corrected chi connectivity index (χ0v) is 11.8. The molecule has 0 bridgehead atoms. The topological polar surface area (TPSA) is 28.0 Å². The summed E-state index contributed by atoms with van der Waals surface area (Å²) in [6.45, 7) is 4.15. The fraction of sp³-hybridized carbons (Fsp3) is 0.294. The van der Waals surface area contributed by atoms with Crippen LogP contribution in [0.2, 0.25) is 0 Å². The van der Waals surface area contributed by atoms with E-state index in [2.05, 4.69) is 47.6 Å². The molecule has 1 heterocycles. The van der Waals surface area contributed by atoms with Crippen molar-refractivity contribution in [2.45, 2.75) is 19.8 Å². The lowest BCUT2D eigenvalue weighted by atomic mass is 10.0. The average Bonchev–Trinajstić information content (AvgIpc) is 3.00. The zero-order valence-electron chi connectivity index (χ0n) is 11.8. The highest BCUT2D eigenvalue weighted by atomic mass is 15.5. The molecule has 3 nitrogen and oxygen atoms in total. The highest BCUT2D eigenvalue weighted by Crippen LogP contribution is 2.30. The fourth-order valence-electron chi connectivity index (χ4n) is 2.44. The zero-order chi connectivity index (χ0) is 13.8. The van der Waals surface area contributed by atoms with Crippen LogP contribution in [0.15, 0.2) is 58.9 Å². The van der Waals surface area contributed by atoms with Gasteiger partial charge in [-0.25, -0.2) is 0 Å². The van der Waals surface area contributed by atoms with Crippen LogP contribution in [0, 0.1) is 6.92 Å². The first-order valence-electron chi connectivity index (χ1n) is 7.15. The number of rotatable bonds is 3. The molecule has 0 spiro atoms. The molecule has 0 unspecified atom stereocenters. The van der Waals surface area contributed by atoms with Crippen LogP contribution in [0.3, 0.4) is 0 Å². The molecule has 0 aromatic heterocycles. The number of nitrogens with zero attached hydrogens (tertiary/aromatic N) is 3. The largest absolute Gasteiger partial charge is 0.278 e. The Hall–Kier alpha value is -2.16. The number of hydrogen-bond acceptors (Lipinski definition) is 2. The fourth-order valence-corrected chi connectivity index (χ4v) is 2.44. The van der Waals surface area contributed by atoms with Crippen LogP contribution in [0.25, 0.3) is 11.1 Å². The summed E-state index contributed by atoms with van der Waals surface area (Å²) in [5.41, 5.74) is 4.52. The molecule has 0 amide bonds. The van der Waals surface area contributed by atoms with E-state index >= 15 is 0 Å². The maximum absolute atomic E-state index is 4.44. The number of aryl methyl sites for hydroxylation is 1. The molecule has 1 fully saturated rings. The lowest BCUT2D eigenvalue weighted by molar-refractivity contribution is 0.337. The Morgan fingerprint density at radius 2 is 1.60 bits per heavy atom. The van der Waals surface area contributed by atoms with Crippen molar-refractivity contribution in [3.8, 4) is 11.1 Å². The first-order chi connectivity index (χ1) is 9.83. The van der Waals surface area contributed by atoms with E-state index in [1.807, 2.05) is 23.2 Å². The van der Waals surface area contributed by atoms with E-state index in [0.717, 1.165) is 24.3 Å². The predicted molar refractivity (Wildman–Crippen MR) is 81.9 cm³/mol. The van der Waals surface area contributed by atoms with Crippen LogP contribution in [-0.4, -0.2) is 18.1 Å². The monoisotopic (exact) mass is 265 g/mol. The standard InChI is InChI=1S/C17H19N3/c1-14-8-10-15(11-9-14)16-6-2-3-7-17(16)18-19-20-12-4-5-13-20/h2-3,6-11H,4-5,12-13H2,1H3. The van der Waals surface area contributed by atoms with Crippen molar-refractivity contribution < 1.29 is 0 Å². The summed E-state index contributed by atoms with van der Waals surface area (Å²) in [7, 11) is 0. The average molecular weight is 265 g/mol. The van der Waals surface area contributed by atoms with Gasteiger partial charge in [0.05, 0.1) is 5.69 Å². The summed E-state index contributed by atoms with van der Waals surface area (Å²) in [5, 5.41) is 10.8. The van der Waals surface area contributed by atoms with Gasteiger partial charge in [0.2, 0.25) is 0 Å². The van der Waals surface area contributed by atoms with E-state index in [0.29, 0.717) is 0 Å². The first kappa shape index (κ1) is 12.9. The molecule has 20 heavy (non-hydrogen) atoms. The SMILES string of the molecule is Cc1ccc(-c2ccccc2N=NN2CCCC2)cc1. The van der Waals surface area contributed by atoms with Gasteiger partial charge in [-0.2, -0.15) is 0 Å². The van der Waals surface area contributed by atoms with Crippen LogP contribution < -0.4 is 0 Å². The van der Waals surface area contributed by atoms with Gasteiger partial charge in [-0.15, -0.1) is 5.11 Å². The second kappa shape index (κ2) is 5.87. The molecule has 2 aromatic carbocycles. The van der Waals surface area contributed by atoms with Gasteiger partial charge in [0.25, 0.3) is 0 Å². The number of hydrogen-bond donors (Lipinski definition) is 0. The maximum atomic E-state index is 4.44. The van der Waals surface area contributed by atoms with Crippen molar-refractivity contribution in [3.63, 3.8) is 0 Å². The Balaban J connectivity index is 1.89. The Bertz CT molecular complexity index is 596. The van der Waals surface area contributed by atoms with E-state index < -0.39 is 0 Å². The van der Waals surface area contributed by atoms with Gasteiger partial charge in [-0.1, -0.05) is 53.3 Å². The minimum atomic E-state index is 0.934. The van der Waals surface area contributed by atoms with Crippen molar-refractivity contribution in [2.24, 2.45) is 10.3 Å². The summed E-state index contributed by atoms with van der Waals surface area (Å²) >= 11 is 0. The summed E-state index contributed by atoms with van der Waals surface area (Å²) < 4.78 is 0. The summed E-state index contributed by atoms with van der Waals surface area (Å²) in [5.74, 6) is 0. The Morgan fingerprint density at radius 1 is 0.900 bits per heavy atom. The van der Waals surface area contributed by atoms with E-state index in [1.54, 1.807) is 0 Å². The highest BCUT2D eigenvalue weighted by Gasteiger charge is 2.09. The minimum Gasteiger partial charge on any atom is -0.278 e. The molecule has 102 valence electrons. The third-order valence-electron chi connectivity index (χ3n) is 3.63. The van der Waals surface area contributed by atoms with Crippen molar-refractivity contribution in [3.05, 3.63) is 54.1 Å². The van der Waals surface area contributed by atoms with E-state index in [-0.39, 0.29) is 0 Å². The highest BCUT2D eigenvalue weighted by molar-refractivity contribution is 5.75. The second-order valence-corrected chi connectivity index (χ2v) is 5.23. The van der Waals surface area contributed by atoms with E-state index in [1.165, 1.54) is 24.0 Å². The Labute approximate surface area is 119 Å². The summed E-state index contributed by atoms with van der Waals surface area (Å²) in [4.78, 5) is 0. The molecule has 2 aromatic rings. The third kappa shape index (κ3) is 2.87. The molecule has 3 heteroatoms. The quantitative estimate of drug-likeness (QED) is 0.735. The smallest absolute Gasteiger partial charge is 0.0952 e. The van der Waals surface area contributed by atoms with Gasteiger partial charge < -0.3 is 0 Å².